The van der Waals surface area contributed by atoms with Crippen molar-refractivity contribution in [1.82, 2.24) is 0 Å². The molecule has 0 aromatic heterocycles. The van der Waals surface area contributed by atoms with Gasteiger partial charge in [0.1, 0.15) is 0 Å². The van der Waals surface area contributed by atoms with Crippen LogP contribution in [0.2, 0.25) is 0 Å². The highest BCUT2D eigenvalue weighted by Crippen LogP contribution is 2.35. The quantitative estimate of drug-likeness (QED) is 0.656. The van der Waals surface area contributed by atoms with Crippen LogP contribution in [-0.2, 0) is 0 Å². The highest BCUT2D eigenvalue weighted by molar-refractivity contribution is 9.13. The maximum absolute atomic E-state index is 11.5. The summed E-state index contributed by atoms with van der Waals surface area (Å²) in [5.74, 6) is 0. The van der Waals surface area contributed by atoms with Crippen molar-refractivity contribution < 1.29 is 4.79 Å². The van der Waals surface area contributed by atoms with Crippen molar-refractivity contribution in [3.8, 4) is 11.1 Å². The summed E-state index contributed by atoms with van der Waals surface area (Å²) in [6, 6.07) is 13.4. The molecule has 2 rings (SSSR count). The summed E-state index contributed by atoms with van der Waals surface area (Å²) in [5, 5.41) is -0.475. The Labute approximate surface area is 121 Å². The van der Waals surface area contributed by atoms with Crippen LogP contribution in [0.3, 0.4) is 0 Å². The number of rotatable bonds is 2. The fourth-order valence-electron chi connectivity index (χ4n) is 1.60. The first kappa shape index (κ1) is 12.8. The lowest BCUT2D eigenvalue weighted by molar-refractivity contribution is 0.108. The fraction of sp³-hybridized carbons (Fsp3) is 0. The van der Waals surface area contributed by atoms with Gasteiger partial charge in [0.25, 0.3) is 5.24 Å². The summed E-state index contributed by atoms with van der Waals surface area (Å²) in [6.07, 6.45) is 0. The second-order valence-corrected chi connectivity index (χ2v) is 5.41. The van der Waals surface area contributed by atoms with E-state index in [9.17, 15) is 4.79 Å². The van der Waals surface area contributed by atoms with Gasteiger partial charge in [-0.2, -0.15) is 0 Å². The second kappa shape index (κ2) is 5.34. The number of halogens is 3. The third-order valence-electron chi connectivity index (χ3n) is 2.38. The predicted molar refractivity (Wildman–Crippen MR) is 77.5 cm³/mol. The Bertz CT molecular complexity index is 567. The number of carbonyl (C=O) groups is 1. The van der Waals surface area contributed by atoms with E-state index in [1.807, 2.05) is 42.5 Å². The molecule has 4 heteroatoms. The van der Waals surface area contributed by atoms with Crippen molar-refractivity contribution in [1.29, 1.82) is 0 Å². The van der Waals surface area contributed by atoms with E-state index in [0.29, 0.717) is 10.0 Å². The lowest BCUT2D eigenvalue weighted by Gasteiger charge is -2.09. The zero-order chi connectivity index (χ0) is 12.4. The first-order chi connectivity index (χ1) is 8.11. The molecule has 0 aliphatic rings. The molecule has 0 fully saturated rings. The third-order valence-corrected chi connectivity index (χ3v) is 4.58. The molecular formula is C13H7Br2ClO. The molecule has 0 bridgehead atoms. The van der Waals surface area contributed by atoms with E-state index in [1.54, 1.807) is 0 Å². The van der Waals surface area contributed by atoms with Crippen molar-refractivity contribution in [2.75, 3.05) is 0 Å². The Kier molecular flexibility index (Phi) is 4.02. The van der Waals surface area contributed by atoms with Crippen LogP contribution in [0.25, 0.3) is 11.1 Å². The summed E-state index contributed by atoms with van der Waals surface area (Å²) in [7, 11) is 0. The van der Waals surface area contributed by atoms with Crippen LogP contribution < -0.4 is 0 Å². The third kappa shape index (κ3) is 2.62. The Morgan fingerprint density at radius 2 is 1.65 bits per heavy atom. The molecule has 86 valence electrons. The van der Waals surface area contributed by atoms with Crippen LogP contribution >= 0.6 is 43.5 Å². The van der Waals surface area contributed by atoms with E-state index in [2.05, 4.69) is 31.9 Å². The van der Waals surface area contributed by atoms with Gasteiger partial charge in [-0.1, -0.05) is 36.4 Å². The van der Waals surface area contributed by atoms with E-state index in [-0.39, 0.29) is 0 Å². The molecule has 0 amide bonds. The minimum Gasteiger partial charge on any atom is -0.276 e. The van der Waals surface area contributed by atoms with Crippen LogP contribution in [-0.4, -0.2) is 5.24 Å². The monoisotopic (exact) mass is 372 g/mol. The number of benzene rings is 2. The van der Waals surface area contributed by atoms with Crippen molar-refractivity contribution in [2.24, 2.45) is 0 Å². The lowest BCUT2D eigenvalue weighted by Crippen LogP contribution is -1.96. The zero-order valence-electron chi connectivity index (χ0n) is 8.58. The first-order valence-electron chi connectivity index (χ1n) is 4.84. The molecule has 17 heavy (non-hydrogen) atoms. The van der Waals surface area contributed by atoms with Crippen molar-refractivity contribution in [3.05, 3.63) is 57.0 Å². The Morgan fingerprint density at radius 3 is 2.24 bits per heavy atom. The molecule has 0 N–H and O–H groups in total. The van der Waals surface area contributed by atoms with Gasteiger partial charge >= 0.3 is 0 Å². The highest BCUT2D eigenvalue weighted by atomic mass is 79.9. The molecule has 0 aliphatic heterocycles. The Balaban J connectivity index is 2.71. The van der Waals surface area contributed by atoms with Crippen LogP contribution in [0.15, 0.2) is 51.4 Å². The average molecular weight is 374 g/mol. The Morgan fingerprint density at radius 1 is 1.00 bits per heavy atom. The molecule has 0 aliphatic carbocycles. The minimum atomic E-state index is -0.475. The predicted octanol–water partition coefficient (Wildman–Crippen LogP) is 5.26. The van der Waals surface area contributed by atoms with Crippen molar-refractivity contribution in [2.45, 2.75) is 0 Å². The molecule has 0 spiro atoms. The normalized spacial score (nSPS) is 10.3. The van der Waals surface area contributed by atoms with Gasteiger partial charge in [0.15, 0.2) is 0 Å². The summed E-state index contributed by atoms with van der Waals surface area (Å²) in [6.45, 7) is 0. The van der Waals surface area contributed by atoms with E-state index >= 15 is 0 Å². The smallest absolute Gasteiger partial charge is 0.254 e. The molecule has 0 saturated heterocycles. The largest absolute Gasteiger partial charge is 0.276 e. The van der Waals surface area contributed by atoms with Gasteiger partial charge in [0.2, 0.25) is 0 Å². The second-order valence-electron chi connectivity index (χ2n) is 3.42. The summed E-state index contributed by atoms with van der Waals surface area (Å²) in [4.78, 5) is 11.5. The van der Waals surface area contributed by atoms with Gasteiger partial charge < -0.3 is 0 Å². The lowest BCUT2D eigenvalue weighted by atomic mass is 10.0. The minimum absolute atomic E-state index is 0.475. The van der Waals surface area contributed by atoms with Crippen molar-refractivity contribution in [3.63, 3.8) is 0 Å². The van der Waals surface area contributed by atoms with Gasteiger partial charge in [0, 0.05) is 8.95 Å². The van der Waals surface area contributed by atoms with Gasteiger partial charge in [-0.15, -0.1) is 0 Å². The zero-order valence-corrected chi connectivity index (χ0v) is 12.5. The standard InChI is InChI=1S/C13H7Br2ClO/c14-10-7-6-9(8-4-2-1-3-5-8)11(12(10)15)13(16)17/h1-7H. The summed E-state index contributed by atoms with van der Waals surface area (Å²) >= 11 is 12.4. The molecule has 0 unspecified atom stereocenters. The molecule has 2 aromatic rings. The van der Waals surface area contributed by atoms with Crippen LogP contribution in [0.4, 0.5) is 0 Å². The van der Waals surface area contributed by atoms with E-state index in [4.69, 9.17) is 11.6 Å². The fourth-order valence-corrected chi connectivity index (χ4v) is 2.77. The molecular weight excluding hydrogens is 367 g/mol. The van der Waals surface area contributed by atoms with E-state index < -0.39 is 5.24 Å². The molecule has 0 heterocycles. The molecule has 0 atom stereocenters. The number of hydrogen-bond acceptors (Lipinski definition) is 1. The number of hydrogen-bond donors (Lipinski definition) is 0. The van der Waals surface area contributed by atoms with Crippen LogP contribution in [0.1, 0.15) is 10.4 Å². The summed E-state index contributed by atoms with van der Waals surface area (Å²) < 4.78 is 1.49. The van der Waals surface area contributed by atoms with Crippen LogP contribution in [0, 0.1) is 0 Å². The SMILES string of the molecule is O=C(Cl)c1c(-c2ccccc2)ccc(Br)c1Br. The molecule has 2 aromatic carbocycles. The Hall–Kier alpha value is -0.640. The van der Waals surface area contributed by atoms with Gasteiger partial charge in [-0.25, -0.2) is 0 Å². The van der Waals surface area contributed by atoms with Gasteiger partial charge in [0.05, 0.1) is 5.56 Å². The van der Waals surface area contributed by atoms with Crippen LogP contribution in [0.5, 0.6) is 0 Å². The summed E-state index contributed by atoms with van der Waals surface area (Å²) in [5.41, 5.74) is 2.26. The average Bonchev–Trinajstić information content (AvgIpc) is 2.33. The maximum Gasteiger partial charge on any atom is 0.254 e. The van der Waals surface area contributed by atoms with E-state index in [1.165, 1.54) is 0 Å². The number of carbonyl (C=O) groups excluding carboxylic acids is 1. The molecule has 0 radical (unpaired) electrons. The van der Waals surface area contributed by atoms with Gasteiger partial charge in [-0.05, 0) is 60.7 Å². The van der Waals surface area contributed by atoms with E-state index in [0.717, 1.165) is 15.6 Å². The topological polar surface area (TPSA) is 17.1 Å². The van der Waals surface area contributed by atoms with Gasteiger partial charge in [-0.3, -0.25) is 4.79 Å². The molecule has 1 nitrogen and oxygen atoms in total. The first-order valence-corrected chi connectivity index (χ1v) is 6.81. The highest BCUT2D eigenvalue weighted by Gasteiger charge is 2.16. The molecule has 0 saturated carbocycles. The van der Waals surface area contributed by atoms with Crippen molar-refractivity contribution >= 4 is 48.7 Å². The maximum atomic E-state index is 11.5.